The van der Waals surface area contributed by atoms with Gasteiger partial charge in [-0.2, -0.15) is 0 Å². The van der Waals surface area contributed by atoms with E-state index < -0.39 is 0 Å². The maximum atomic E-state index is 5.90. The van der Waals surface area contributed by atoms with Gasteiger partial charge in [-0.15, -0.1) is 0 Å². The lowest BCUT2D eigenvalue weighted by molar-refractivity contribution is 0.867. The molecule has 104 valence electrons. The van der Waals surface area contributed by atoms with Crippen LogP contribution in [0.25, 0.3) is 0 Å². The van der Waals surface area contributed by atoms with E-state index in [2.05, 4.69) is 41.3 Å². The van der Waals surface area contributed by atoms with Gasteiger partial charge in [-0.1, -0.05) is 32.0 Å². The van der Waals surface area contributed by atoms with Crippen LogP contribution in [0, 0.1) is 0 Å². The first-order valence-corrected chi connectivity index (χ1v) is 6.71. The second-order valence-electron chi connectivity index (χ2n) is 4.97. The summed E-state index contributed by atoms with van der Waals surface area (Å²) in [6, 6.07) is 12.1. The van der Waals surface area contributed by atoms with Crippen LogP contribution in [-0.4, -0.2) is 10.9 Å². The molecule has 0 atom stereocenters. The molecule has 0 saturated carbocycles. The smallest absolute Gasteiger partial charge is 0.193 e. The van der Waals surface area contributed by atoms with Crippen LogP contribution in [0.5, 0.6) is 0 Å². The summed E-state index contributed by atoms with van der Waals surface area (Å²) in [5, 5.41) is 3.11. The number of aliphatic imine (C=N–C) groups is 1. The highest BCUT2D eigenvalue weighted by atomic mass is 15.1. The normalized spacial score (nSPS) is 11.7. The van der Waals surface area contributed by atoms with Gasteiger partial charge in [0.05, 0.1) is 6.54 Å². The van der Waals surface area contributed by atoms with E-state index in [1.54, 1.807) is 12.4 Å². The van der Waals surface area contributed by atoms with Crippen molar-refractivity contribution in [3.8, 4) is 0 Å². The van der Waals surface area contributed by atoms with Crippen LogP contribution >= 0.6 is 0 Å². The lowest BCUT2D eigenvalue weighted by atomic mass is 10.0. The van der Waals surface area contributed by atoms with E-state index in [-0.39, 0.29) is 0 Å². The van der Waals surface area contributed by atoms with E-state index in [0.717, 1.165) is 11.3 Å². The predicted octanol–water partition coefficient (Wildman–Crippen LogP) is 3.13. The fourth-order valence-electron chi connectivity index (χ4n) is 1.83. The number of nitrogens with zero attached hydrogens (tertiary/aromatic N) is 2. The third-order valence-corrected chi connectivity index (χ3v) is 2.98. The van der Waals surface area contributed by atoms with Crippen molar-refractivity contribution in [3.63, 3.8) is 0 Å². The number of pyridine rings is 1. The molecule has 0 amide bonds. The molecule has 2 aromatic rings. The molecule has 0 unspecified atom stereocenters. The highest BCUT2D eigenvalue weighted by Crippen LogP contribution is 2.18. The van der Waals surface area contributed by atoms with Gasteiger partial charge in [-0.25, -0.2) is 4.99 Å². The van der Waals surface area contributed by atoms with Gasteiger partial charge in [0.2, 0.25) is 0 Å². The number of anilines is 1. The fraction of sp³-hybridized carbons (Fsp3) is 0.250. The van der Waals surface area contributed by atoms with Crippen molar-refractivity contribution in [2.45, 2.75) is 26.3 Å². The Balaban J connectivity index is 2.00. The maximum absolute atomic E-state index is 5.90. The molecule has 0 spiro atoms. The molecule has 1 heterocycles. The highest BCUT2D eigenvalue weighted by molar-refractivity contribution is 5.92. The van der Waals surface area contributed by atoms with Crippen LogP contribution in [0.15, 0.2) is 53.8 Å². The molecule has 4 nitrogen and oxygen atoms in total. The van der Waals surface area contributed by atoms with Crippen LogP contribution < -0.4 is 11.1 Å². The molecule has 20 heavy (non-hydrogen) atoms. The van der Waals surface area contributed by atoms with Crippen molar-refractivity contribution < 1.29 is 0 Å². The predicted molar refractivity (Wildman–Crippen MR) is 83.7 cm³/mol. The first-order chi connectivity index (χ1) is 9.65. The number of aromatic nitrogens is 1. The molecule has 0 aliphatic rings. The number of guanidine groups is 1. The molecule has 1 aromatic carbocycles. The zero-order chi connectivity index (χ0) is 14.4. The third kappa shape index (κ3) is 4.09. The Bertz CT molecular complexity index is 576. The molecule has 0 saturated heterocycles. The van der Waals surface area contributed by atoms with Gasteiger partial charge in [0.1, 0.15) is 0 Å². The third-order valence-electron chi connectivity index (χ3n) is 2.98. The summed E-state index contributed by atoms with van der Waals surface area (Å²) >= 11 is 0. The fourth-order valence-corrected chi connectivity index (χ4v) is 1.83. The van der Waals surface area contributed by atoms with Crippen LogP contribution in [0.3, 0.4) is 0 Å². The lowest BCUT2D eigenvalue weighted by Gasteiger charge is -2.10. The summed E-state index contributed by atoms with van der Waals surface area (Å²) in [4.78, 5) is 8.35. The van der Waals surface area contributed by atoms with Crippen LogP contribution in [0.2, 0.25) is 0 Å². The molecule has 0 radical (unpaired) electrons. The Hall–Kier alpha value is -2.36. The number of nitrogens with one attached hydrogen (secondary N) is 1. The summed E-state index contributed by atoms with van der Waals surface area (Å²) in [5.41, 5.74) is 9.17. The second-order valence-corrected chi connectivity index (χ2v) is 4.97. The average molecular weight is 268 g/mol. The van der Waals surface area contributed by atoms with Gasteiger partial charge in [-0.3, -0.25) is 4.98 Å². The molecule has 1 aromatic heterocycles. The number of hydrogen-bond donors (Lipinski definition) is 2. The van der Waals surface area contributed by atoms with Crippen molar-refractivity contribution >= 4 is 11.6 Å². The Labute approximate surface area is 119 Å². The van der Waals surface area contributed by atoms with Crippen LogP contribution in [-0.2, 0) is 6.54 Å². The zero-order valence-electron chi connectivity index (χ0n) is 11.9. The maximum Gasteiger partial charge on any atom is 0.193 e. The minimum absolute atomic E-state index is 0.412. The van der Waals surface area contributed by atoms with E-state index in [9.17, 15) is 0 Å². The standard InChI is InChI=1S/C16H20N4/c1-12(2)14-6-3-7-15(9-14)20-16(17)19-11-13-5-4-8-18-10-13/h3-10,12H,11H2,1-2H3,(H3,17,19,20). The van der Waals surface area contributed by atoms with Gasteiger partial charge >= 0.3 is 0 Å². The molecule has 3 N–H and O–H groups in total. The van der Waals surface area contributed by atoms with E-state index in [0.29, 0.717) is 18.4 Å². The first kappa shape index (κ1) is 14.1. The number of benzene rings is 1. The van der Waals surface area contributed by atoms with Gasteiger partial charge in [0.25, 0.3) is 0 Å². The van der Waals surface area contributed by atoms with Crippen LogP contribution in [0.4, 0.5) is 5.69 Å². The average Bonchev–Trinajstić information content (AvgIpc) is 2.46. The SMILES string of the molecule is CC(C)c1cccc(NC(N)=NCc2cccnc2)c1. The zero-order valence-corrected chi connectivity index (χ0v) is 11.9. The van der Waals surface area contributed by atoms with Crippen LogP contribution in [0.1, 0.15) is 30.9 Å². The van der Waals surface area contributed by atoms with E-state index in [4.69, 9.17) is 5.73 Å². The minimum atomic E-state index is 0.412. The molecule has 0 aliphatic carbocycles. The van der Waals surface area contributed by atoms with Gasteiger partial charge in [-0.05, 0) is 35.2 Å². The van der Waals surface area contributed by atoms with Crippen molar-refractivity contribution in [2.24, 2.45) is 10.7 Å². The van der Waals surface area contributed by atoms with Crippen molar-refractivity contribution in [1.82, 2.24) is 4.98 Å². The molecular formula is C16H20N4. The highest BCUT2D eigenvalue weighted by Gasteiger charge is 2.01. The quantitative estimate of drug-likeness (QED) is 0.661. The Morgan fingerprint density at radius 1 is 1.30 bits per heavy atom. The molecule has 0 aliphatic heterocycles. The van der Waals surface area contributed by atoms with E-state index in [1.165, 1.54) is 5.56 Å². The Morgan fingerprint density at radius 3 is 2.85 bits per heavy atom. The van der Waals surface area contributed by atoms with Gasteiger partial charge in [0, 0.05) is 18.1 Å². The molecule has 0 bridgehead atoms. The molecule has 4 heteroatoms. The summed E-state index contributed by atoms with van der Waals surface area (Å²) < 4.78 is 0. The van der Waals surface area contributed by atoms with E-state index >= 15 is 0 Å². The monoisotopic (exact) mass is 268 g/mol. The summed E-state index contributed by atoms with van der Waals surface area (Å²) in [6.45, 7) is 4.86. The summed E-state index contributed by atoms with van der Waals surface area (Å²) in [7, 11) is 0. The Morgan fingerprint density at radius 2 is 2.15 bits per heavy atom. The first-order valence-electron chi connectivity index (χ1n) is 6.71. The topological polar surface area (TPSA) is 63.3 Å². The van der Waals surface area contributed by atoms with Crippen molar-refractivity contribution in [2.75, 3.05) is 5.32 Å². The lowest BCUT2D eigenvalue weighted by Crippen LogP contribution is -2.22. The summed E-state index contributed by atoms with van der Waals surface area (Å²) in [6.07, 6.45) is 3.53. The molecular weight excluding hydrogens is 248 g/mol. The molecule has 2 rings (SSSR count). The van der Waals surface area contributed by atoms with Gasteiger partial charge < -0.3 is 11.1 Å². The second kappa shape index (κ2) is 6.70. The number of hydrogen-bond acceptors (Lipinski definition) is 2. The van der Waals surface area contributed by atoms with Crippen molar-refractivity contribution in [3.05, 3.63) is 59.9 Å². The Kier molecular flexibility index (Phi) is 4.71. The van der Waals surface area contributed by atoms with Gasteiger partial charge in [0.15, 0.2) is 5.96 Å². The van der Waals surface area contributed by atoms with Crippen molar-refractivity contribution in [1.29, 1.82) is 0 Å². The largest absolute Gasteiger partial charge is 0.370 e. The minimum Gasteiger partial charge on any atom is -0.370 e. The van der Waals surface area contributed by atoms with E-state index in [1.807, 2.05) is 24.3 Å². The number of nitrogens with two attached hydrogens (primary N) is 1. The molecule has 0 fully saturated rings. The number of rotatable bonds is 4. The summed E-state index contributed by atoms with van der Waals surface area (Å²) in [5.74, 6) is 0.903.